The maximum absolute atomic E-state index is 12.6. The zero-order chi connectivity index (χ0) is 18.5. The number of hydrogen-bond acceptors (Lipinski definition) is 6. The maximum atomic E-state index is 12.6. The van der Waals surface area contributed by atoms with Crippen molar-refractivity contribution in [3.8, 4) is 5.75 Å². The lowest BCUT2D eigenvalue weighted by atomic mass is 10.2. The van der Waals surface area contributed by atoms with Crippen LogP contribution in [0.1, 0.15) is 12.0 Å². The molecule has 8 heteroatoms. The van der Waals surface area contributed by atoms with Gasteiger partial charge in [0, 0.05) is 0 Å². The van der Waals surface area contributed by atoms with Gasteiger partial charge in [0.15, 0.2) is 5.17 Å². The summed E-state index contributed by atoms with van der Waals surface area (Å²) in [7, 11) is 0. The fourth-order valence-electron chi connectivity index (χ4n) is 2.35. The van der Waals surface area contributed by atoms with Gasteiger partial charge in [0.25, 0.3) is 0 Å². The molecule has 7 nitrogen and oxygen atoms in total. The minimum Gasteiger partial charge on any atom is -0.508 e. The molecule has 2 N–H and O–H groups in total. The van der Waals surface area contributed by atoms with Crippen molar-refractivity contribution in [3.63, 3.8) is 0 Å². The minimum absolute atomic E-state index is 0.0655. The van der Waals surface area contributed by atoms with Gasteiger partial charge in [-0.3, -0.25) is 14.5 Å². The van der Waals surface area contributed by atoms with Crippen LogP contribution in [0.2, 0.25) is 0 Å². The number of carbonyl (C=O) groups excluding carboxylic acids is 1. The number of carbonyl (C=O) groups is 2. The number of hydrogen-bond donors (Lipinski definition) is 2. The average molecular weight is 369 g/mol. The summed E-state index contributed by atoms with van der Waals surface area (Å²) < 4.78 is 0. The number of phenolic OH excluding ortho intramolecular Hbond substituents is 1. The Balaban J connectivity index is 1.90. The molecule has 0 saturated carbocycles. The van der Waals surface area contributed by atoms with Crippen molar-refractivity contribution in [2.45, 2.75) is 11.7 Å². The maximum Gasteiger partial charge on any atom is 0.305 e. The highest BCUT2D eigenvalue weighted by molar-refractivity contribution is 8.16. The van der Waals surface area contributed by atoms with Crippen molar-refractivity contribution in [1.29, 1.82) is 0 Å². The van der Waals surface area contributed by atoms with Crippen molar-refractivity contribution in [1.82, 2.24) is 0 Å². The fourth-order valence-corrected chi connectivity index (χ4v) is 3.43. The molecule has 3 rings (SSSR count). The number of amidine groups is 1. The number of anilines is 1. The SMILES string of the molecule is O=C(O)C[C@H]1SC(=NN=Cc2ccccc2)N(c2ccc(O)cc2)C1=O. The van der Waals surface area contributed by atoms with Crippen LogP contribution in [0.5, 0.6) is 5.75 Å². The Labute approximate surface area is 153 Å². The lowest BCUT2D eigenvalue weighted by Crippen LogP contribution is -2.32. The lowest BCUT2D eigenvalue weighted by Gasteiger charge is -2.15. The molecule has 0 unspecified atom stereocenters. The van der Waals surface area contributed by atoms with Crippen LogP contribution in [-0.2, 0) is 9.59 Å². The van der Waals surface area contributed by atoms with Gasteiger partial charge in [-0.1, -0.05) is 42.1 Å². The number of nitrogens with zero attached hydrogens (tertiary/aromatic N) is 3. The van der Waals surface area contributed by atoms with Crippen LogP contribution < -0.4 is 4.90 Å². The highest BCUT2D eigenvalue weighted by atomic mass is 32.2. The molecule has 1 saturated heterocycles. The van der Waals surface area contributed by atoms with Gasteiger partial charge in [0.05, 0.1) is 18.3 Å². The molecule has 26 heavy (non-hydrogen) atoms. The second kappa shape index (κ2) is 7.83. The van der Waals surface area contributed by atoms with E-state index in [1.807, 2.05) is 30.3 Å². The monoisotopic (exact) mass is 369 g/mol. The number of aliphatic carboxylic acids is 1. The van der Waals surface area contributed by atoms with Crippen molar-refractivity contribution in [3.05, 3.63) is 60.2 Å². The van der Waals surface area contributed by atoms with E-state index >= 15 is 0 Å². The molecule has 0 radical (unpaired) electrons. The molecular formula is C18H15N3O4S. The Bertz CT molecular complexity index is 866. The molecule has 1 amide bonds. The van der Waals surface area contributed by atoms with E-state index in [-0.39, 0.29) is 18.1 Å². The molecule has 1 aliphatic heterocycles. The van der Waals surface area contributed by atoms with Crippen LogP contribution in [0.3, 0.4) is 0 Å². The number of thioether (sulfide) groups is 1. The summed E-state index contributed by atoms with van der Waals surface area (Å²) in [4.78, 5) is 24.9. The Morgan fingerprint density at radius 3 is 2.50 bits per heavy atom. The molecular weight excluding hydrogens is 354 g/mol. The first kappa shape index (κ1) is 17.7. The van der Waals surface area contributed by atoms with Gasteiger partial charge in [0.1, 0.15) is 11.0 Å². The molecule has 0 aromatic heterocycles. The number of carboxylic acid groups (broad SMARTS) is 1. The zero-order valence-electron chi connectivity index (χ0n) is 13.5. The molecule has 1 heterocycles. The second-order valence-electron chi connectivity index (χ2n) is 5.43. The van der Waals surface area contributed by atoms with Gasteiger partial charge in [-0.05, 0) is 29.8 Å². The summed E-state index contributed by atoms with van der Waals surface area (Å²) in [5.74, 6) is -1.37. The van der Waals surface area contributed by atoms with Crippen LogP contribution in [-0.4, -0.2) is 38.7 Å². The van der Waals surface area contributed by atoms with Gasteiger partial charge < -0.3 is 10.2 Å². The van der Waals surface area contributed by atoms with Crippen LogP contribution >= 0.6 is 11.8 Å². The second-order valence-corrected chi connectivity index (χ2v) is 6.60. The Kier molecular flexibility index (Phi) is 5.33. The van der Waals surface area contributed by atoms with E-state index in [4.69, 9.17) is 5.11 Å². The van der Waals surface area contributed by atoms with Crippen molar-refractivity contribution < 1.29 is 19.8 Å². The first-order chi connectivity index (χ1) is 12.5. The van der Waals surface area contributed by atoms with Gasteiger partial charge in [-0.25, -0.2) is 0 Å². The van der Waals surface area contributed by atoms with Crippen molar-refractivity contribution >= 4 is 40.7 Å². The molecule has 0 bridgehead atoms. The summed E-state index contributed by atoms with van der Waals surface area (Å²) in [5.41, 5.74) is 1.34. The largest absolute Gasteiger partial charge is 0.508 e. The molecule has 2 aromatic rings. The number of phenols is 1. The van der Waals surface area contributed by atoms with Gasteiger partial charge >= 0.3 is 5.97 Å². The van der Waals surface area contributed by atoms with Gasteiger partial charge in [-0.15, -0.1) is 5.10 Å². The number of amides is 1. The first-order valence-corrected chi connectivity index (χ1v) is 8.60. The molecule has 0 spiro atoms. The van der Waals surface area contributed by atoms with Crippen molar-refractivity contribution in [2.24, 2.45) is 10.2 Å². The average Bonchev–Trinajstić information content (AvgIpc) is 2.92. The molecule has 2 aromatic carbocycles. The van der Waals surface area contributed by atoms with E-state index in [9.17, 15) is 14.7 Å². The summed E-state index contributed by atoms with van der Waals surface area (Å²) in [5, 5.41) is 26.1. The van der Waals surface area contributed by atoms with Gasteiger partial charge in [-0.2, -0.15) is 5.10 Å². The Morgan fingerprint density at radius 1 is 1.15 bits per heavy atom. The van der Waals surface area contributed by atoms with E-state index in [2.05, 4.69) is 10.2 Å². The quantitative estimate of drug-likeness (QED) is 0.623. The predicted octanol–water partition coefficient (Wildman–Crippen LogP) is 2.71. The summed E-state index contributed by atoms with van der Waals surface area (Å²) >= 11 is 1.06. The summed E-state index contributed by atoms with van der Waals surface area (Å²) in [6, 6.07) is 15.4. The third kappa shape index (κ3) is 4.09. The van der Waals surface area contributed by atoms with E-state index in [0.717, 1.165) is 17.3 Å². The predicted molar refractivity (Wildman–Crippen MR) is 101 cm³/mol. The molecule has 1 aliphatic rings. The van der Waals surface area contributed by atoms with Gasteiger partial charge in [0.2, 0.25) is 5.91 Å². The van der Waals surface area contributed by atoms with Crippen LogP contribution in [0, 0.1) is 0 Å². The summed E-state index contributed by atoms with van der Waals surface area (Å²) in [6.07, 6.45) is 1.25. The van der Waals surface area contributed by atoms with E-state index < -0.39 is 11.2 Å². The lowest BCUT2D eigenvalue weighted by molar-refractivity contribution is -0.138. The highest BCUT2D eigenvalue weighted by Gasteiger charge is 2.40. The van der Waals surface area contributed by atoms with E-state index in [0.29, 0.717) is 10.9 Å². The smallest absolute Gasteiger partial charge is 0.305 e. The third-order valence-electron chi connectivity index (χ3n) is 3.55. The van der Waals surface area contributed by atoms with Crippen LogP contribution in [0.4, 0.5) is 5.69 Å². The molecule has 0 aliphatic carbocycles. The zero-order valence-corrected chi connectivity index (χ0v) is 14.3. The van der Waals surface area contributed by atoms with Crippen molar-refractivity contribution in [2.75, 3.05) is 4.90 Å². The van der Waals surface area contributed by atoms with Crippen LogP contribution in [0.15, 0.2) is 64.8 Å². The molecule has 1 atom stereocenters. The fraction of sp³-hybridized carbons (Fsp3) is 0.111. The van der Waals surface area contributed by atoms with E-state index in [1.54, 1.807) is 18.3 Å². The molecule has 132 valence electrons. The van der Waals surface area contributed by atoms with Crippen LogP contribution in [0.25, 0.3) is 0 Å². The first-order valence-electron chi connectivity index (χ1n) is 7.72. The minimum atomic E-state index is -1.06. The number of carboxylic acids is 1. The topological polar surface area (TPSA) is 103 Å². The third-order valence-corrected chi connectivity index (χ3v) is 4.68. The number of aromatic hydroxyl groups is 1. The summed E-state index contributed by atoms with van der Waals surface area (Å²) in [6.45, 7) is 0. The Morgan fingerprint density at radius 2 is 1.85 bits per heavy atom. The highest BCUT2D eigenvalue weighted by Crippen LogP contribution is 2.34. The molecule has 1 fully saturated rings. The number of rotatable bonds is 5. The normalized spacial score (nSPS) is 18.8. The number of benzene rings is 2. The standard InChI is InChI=1S/C18H15N3O4S/c22-14-8-6-13(7-9-14)21-17(25)15(10-16(23)24)26-18(21)20-19-11-12-4-2-1-3-5-12/h1-9,11,15,22H,10H2,(H,23,24)/t15-/m1/s1. The van der Waals surface area contributed by atoms with E-state index in [1.165, 1.54) is 17.0 Å². The Hall–Kier alpha value is -3.13.